The van der Waals surface area contributed by atoms with E-state index in [0.717, 1.165) is 35.8 Å². The Morgan fingerprint density at radius 2 is 1.82 bits per heavy atom. The first-order valence-corrected chi connectivity index (χ1v) is 9.37. The van der Waals surface area contributed by atoms with Gasteiger partial charge in [0.2, 0.25) is 0 Å². The van der Waals surface area contributed by atoms with Crippen LogP contribution in [0.1, 0.15) is 45.2 Å². The zero-order chi connectivity index (χ0) is 20.3. The molecule has 0 aliphatic carbocycles. The van der Waals surface area contributed by atoms with E-state index in [-0.39, 0.29) is 24.0 Å². The van der Waals surface area contributed by atoms with Crippen molar-refractivity contribution in [1.82, 2.24) is 16.0 Å². The lowest BCUT2D eigenvalue weighted by Gasteiger charge is -2.19. The maximum atomic E-state index is 11.6. The van der Waals surface area contributed by atoms with Crippen LogP contribution >= 0.6 is 24.0 Å². The maximum absolute atomic E-state index is 11.6. The monoisotopic (exact) mass is 506 g/mol. The SMILES string of the molecule is CCNC(=NCc1ccc(C)c(OC)c1)NCCCNC(=O)OC(C)(C)C.I. The molecule has 0 spiro atoms. The number of alkyl carbamates (subject to hydrolysis) is 1. The highest BCUT2D eigenvalue weighted by atomic mass is 127. The molecule has 0 aliphatic rings. The minimum Gasteiger partial charge on any atom is -0.496 e. The fourth-order valence-electron chi connectivity index (χ4n) is 2.27. The lowest BCUT2D eigenvalue weighted by molar-refractivity contribution is 0.0527. The zero-order valence-corrected chi connectivity index (χ0v) is 20.2. The minimum atomic E-state index is -0.480. The van der Waals surface area contributed by atoms with Crippen LogP contribution in [-0.2, 0) is 11.3 Å². The molecule has 160 valence electrons. The Morgan fingerprint density at radius 3 is 2.43 bits per heavy atom. The van der Waals surface area contributed by atoms with Crippen LogP contribution < -0.4 is 20.7 Å². The molecule has 7 nitrogen and oxygen atoms in total. The molecule has 0 bridgehead atoms. The fourth-order valence-corrected chi connectivity index (χ4v) is 2.27. The molecule has 28 heavy (non-hydrogen) atoms. The Labute approximate surface area is 186 Å². The van der Waals surface area contributed by atoms with Crippen molar-refractivity contribution in [2.75, 3.05) is 26.7 Å². The summed E-state index contributed by atoms with van der Waals surface area (Å²) in [6.45, 7) is 12.1. The van der Waals surface area contributed by atoms with Gasteiger partial charge in [0.05, 0.1) is 13.7 Å². The summed E-state index contributed by atoms with van der Waals surface area (Å²) in [7, 11) is 1.67. The van der Waals surface area contributed by atoms with Gasteiger partial charge in [0.1, 0.15) is 11.4 Å². The molecule has 0 radical (unpaired) electrons. The van der Waals surface area contributed by atoms with Gasteiger partial charge in [-0.2, -0.15) is 0 Å². The van der Waals surface area contributed by atoms with Gasteiger partial charge in [0.15, 0.2) is 5.96 Å². The van der Waals surface area contributed by atoms with Gasteiger partial charge in [-0.05, 0) is 58.2 Å². The third-order valence-corrected chi connectivity index (χ3v) is 3.55. The van der Waals surface area contributed by atoms with E-state index in [4.69, 9.17) is 9.47 Å². The van der Waals surface area contributed by atoms with Gasteiger partial charge in [-0.1, -0.05) is 12.1 Å². The van der Waals surface area contributed by atoms with Crippen molar-refractivity contribution in [1.29, 1.82) is 0 Å². The first-order valence-electron chi connectivity index (χ1n) is 9.37. The number of ether oxygens (including phenoxy) is 2. The normalized spacial score (nSPS) is 11.3. The van der Waals surface area contributed by atoms with Gasteiger partial charge in [0, 0.05) is 19.6 Å². The molecule has 1 rings (SSSR count). The Bertz CT molecular complexity index is 630. The van der Waals surface area contributed by atoms with Crippen LogP contribution in [0.15, 0.2) is 23.2 Å². The first kappa shape index (κ1) is 26.3. The number of methoxy groups -OCH3 is 1. The van der Waals surface area contributed by atoms with Crippen molar-refractivity contribution >= 4 is 36.0 Å². The number of amides is 1. The molecule has 0 fully saturated rings. The summed E-state index contributed by atoms with van der Waals surface area (Å²) in [5.74, 6) is 1.61. The number of carbonyl (C=O) groups is 1. The van der Waals surface area contributed by atoms with E-state index in [2.05, 4.69) is 27.0 Å². The van der Waals surface area contributed by atoms with Crippen LogP contribution in [0.25, 0.3) is 0 Å². The van der Waals surface area contributed by atoms with Crippen LogP contribution in [-0.4, -0.2) is 44.4 Å². The highest BCUT2D eigenvalue weighted by molar-refractivity contribution is 14.0. The van der Waals surface area contributed by atoms with Gasteiger partial charge in [-0.25, -0.2) is 9.79 Å². The molecular weight excluding hydrogens is 471 g/mol. The second-order valence-electron chi connectivity index (χ2n) is 7.21. The molecule has 0 unspecified atom stereocenters. The summed E-state index contributed by atoms with van der Waals surface area (Å²) < 4.78 is 10.6. The van der Waals surface area contributed by atoms with Gasteiger partial charge < -0.3 is 25.4 Å². The molecular formula is C20H35IN4O3. The van der Waals surface area contributed by atoms with Gasteiger partial charge in [-0.15, -0.1) is 24.0 Å². The van der Waals surface area contributed by atoms with Crippen LogP contribution in [0, 0.1) is 6.92 Å². The Kier molecular flexibility index (Phi) is 12.6. The molecule has 3 N–H and O–H groups in total. The van der Waals surface area contributed by atoms with Crippen molar-refractivity contribution in [2.24, 2.45) is 4.99 Å². The molecule has 0 heterocycles. The lowest BCUT2D eigenvalue weighted by atomic mass is 10.1. The van der Waals surface area contributed by atoms with Gasteiger partial charge in [0.25, 0.3) is 0 Å². The van der Waals surface area contributed by atoms with E-state index < -0.39 is 11.7 Å². The van der Waals surface area contributed by atoms with E-state index in [1.165, 1.54) is 0 Å². The van der Waals surface area contributed by atoms with Crippen molar-refractivity contribution < 1.29 is 14.3 Å². The van der Waals surface area contributed by atoms with E-state index in [0.29, 0.717) is 19.6 Å². The summed E-state index contributed by atoms with van der Waals surface area (Å²) in [6.07, 6.45) is 0.374. The molecule has 0 aromatic heterocycles. The minimum absolute atomic E-state index is 0. The Morgan fingerprint density at radius 1 is 1.14 bits per heavy atom. The number of nitrogens with one attached hydrogen (secondary N) is 3. The highest BCUT2D eigenvalue weighted by Gasteiger charge is 2.15. The molecule has 0 saturated heterocycles. The van der Waals surface area contributed by atoms with Crippen molar-refractivity contribution in [3.8, 4) is 5.75 Å². The smallest absolute Gasteiger partial charge is 0.407 e. The molecule has 1 aromatic rings. The average Bonchev–Trinajstić information content (AvgIpc) is 2.58. The quantitative estimate of drug-likeness (QED) is 0.217. The number of guanidine groups is 1. The lowest BCUT2D eigenvalue weighted by Crippen LogP contribution is -2.39. The molecule has 0 atom stereocenters. The number of halogens is 1. The Balaban J connectivity index is 0.00000729. The van der Waals surface area contributed by atoms with Crippen molar-refractivity contribution in [3.63, 3.8) is 0 Å². The number of aryl methyl sites for hydroxylation is 1. The fraction of sp³-hybridized carbons (Fsp3) is 0.600. The van der Waals surface area contributed by atoms with Crippen LogP contribution in [0.5, 0.6) is 5.75 Å². The first-order chi connectivity index (χ1) is 12.7. The third kappa shape index (κ3) is 11.2. The third-order valence-electron chi connectivity index (χ3n) is 3.55. The zero-order valence-electron chi connectivity index (χ0n) is 17.8. The van der Waals surface area contributed by atoms with Crippen molar-refractivity contribution in [3.05, 3.63) is 29.3 Å². The van der Waals surface area contributed by atoms with Gasteiger partial charge in [-0.3, -0.25) is 0 Å². The number of benzene rings is 1. The topological polar surface area (TPSA) is 84.0 Å². The second kappa shape index (κ2) is 13.5. The maximum Gasteiger partial charge on any atom is 0.407 e. The van der Waals surface area contributed by atoms with Crippen LogP contribution in [0.3, 0.4) is 0 Å². The molecule has 0 saturated carbocycles. The number of hydrogen-bond donors (Lipinski definition) is 3. The van der Waals surface area contributed by atoms with E-state index >= 15 is 0 Å². The van der Waals surface area contributed by atoms with E-state index in [9.17, 15) is 4.79 Å². The summed E-state index contributed by atoms with van der Waals surface area (Å²) in [5.41, 5.74) is 1.71. The van der Waals surface area contributed by atoms with Crippen molar-refractivity contribution in [2.45, 2.75) is 53.2 Å². The molecule has 1 amide bonds. The predicted molar refractivity (Wildman–Crippen MR) is 125 cm³/mol. The molecule has 8 heteroatoms. The van der Waals surface area contributed by atoms with Gasteiger partial charge >= 0.3 is 6.09 Å². The summed E-state index contributed by atoms with van der Waals surface area (Å²) in [5, 5.41) is 9.23. The summed E-state index contributed by atoms with van der Waals surface area (Å²) >= 11 is 0. The highest BCUT2D eigenvalue weighted by Crippen LogP contribution is 2.19. The predicted octanol–water partition coefficient (Wildman–Crippen LogP) is 3.59. The number of nitrogens with zero attached hydrogens (tertiary/aromatic N) is 1. The standard InChI is InChI=1S/C20H34N4O3.HI/c1-7-21-18(22-11-8-12-23-19(25)27-20(3,4)5)24-14-16-10-9-15(2)17(13-16)26-6;/h9-10,13H,7-8,11-12,14H2,1-6H3,(H,23,25)(H2,21,22,24);1H. The Hall–Kier alpha value is -1.71. The number of carbonyl (C=O) groups excluding carboxylic acids is 1. The average molecular weight is 506 g/mol. The number of hydrogen-bond acceptors (Lipinski definition) is 4. The largest absolute Gasteiger partial charge is 0.496 e. The van der Waals surface area contributed by atoms with Crippen LogP contribution in [0.4, 0.5) is 4.79 Å². The van der Waals surface area contributed by atoms with E-state index in [1.54, 1.807) is 7.11 Å². The summed E-state index contributed by atoms with van der Waals surface area (Å²) in [6, 6.07) is 6.09. The summed E-state index contributed by atoms with van der Waals surface area (Å²) in [4.78, 5) is 16.2. The molecule has 1 aromatic carbocycles. The second-order valence-corrected chi connectivity index (χ2v) is 7.21. The van der Waals surface area contributed by atoms with Crippen LogP contribution in [0.2, 0.25) is 0 Å². The molecule has 0 aliphatic heterocycles. The number of rotatable bonds is 8. The number of aliphatic imine (C=N–C) groups is 1. The van der Waals surface area contributed by atoms with E-state index in [1.807, 2.05) is 46.8 Å².